The Balaban J connectivity index is 2.13. The number of hydrogen-bond acceptors (Lipinski definition) is 3. The topological polar surface area (TPSA) is 45.0 Å². The van der Waals surface area contributed by atoms with Crippen molar-refractivity contribution in [1.82, 2.24) is 5.32 Å². The van der Waals surface area contributed by atoms with Crippen LogP contribution in [0.4, 0.5) is 0 Å². The van der Waals surface area contributed by atoms with E-state index in [0.717, 1.165) is 39.0 Å². The van der Waals surface area contributed by atoms with Crippen LogP contribution in [0.25, 0.3) is 0 Å². The van der Waals surface area contributed by atoms with E-state index in [9.17, 15) is 0 Å². The lowest BCUT2D eigenvalue weighted by Crippen LogP contribution is -2.34. The van der Waals surface area contributed by atoms with E-state index in [1.807, 2.05) is 6.92 Å². The van der Waals surface area contributed by atoms with Gasteiger partial charge in [0, 0.05) is 13.2 Å². The predicted octanol–water partition coefficient (Wildman–Crippen LogP) is 1.30. The molecule has 1 N–H and O–H groups in total. The third kappa shape index (κ3) is 3.75. The second-order valence-corrected chi connectivity index (χ2v) is 3.55. The zero-order chi connectivity index (χ0) is 9.52. The summed E-state index contributed by atoms with van der Waals surface area (Å²) in [6, 6.07) is 2.28. The average molecular weight is 182 g/mol. The summed E-state index contributed by atoms with van der Waals surface area (Å²) in [5.74, 6) is 0.705. The van der Waals surface area contributed by atoms with Gasteiger partial charge in [-0.15, -0.1) is 0 Å². The van der Waals surface area contributed by atoms with Gasteiger partial charge >= 0.3 is 0 Å². The highest BCUT2D eigenvalue weighted by molar-refractivity contribution is 4.88. The molecule has 3 heteroatoms. The molecule has 1 unspecified atom stereocenters. The van der Waals surface area contributed by atoms with E-state index in [2.05, 4.69) is 11.4 Å². The third-order valence-corrected chi connectivity index (χ3v) is 2.56. The standard InChI is InChI=1S/C10H18N2O/c1-2-10(7-11)12-8-9-3-5-13-6-4-9/h9-10,12H,2-6,8H2,1H3. The van der Waals surface area contributed by atoms with E-state index in [-0.39, 0.29) is 6.04 Å². The first-order valence-corrected chi connectivity index (χ1v) is 5.07. The second-order valence-electron chi connectivity index (χ2n) is 3.55. The molecular weight excluding hydrogens is 164 g/mol. The van der Waals surface area contributed by atoms with Gasteiger partial charge in [-0.05, 0) is 31.7 Å². The van der Waals surface area contributed by atoms with Crippen molar-refractivity contribution in [2.75, 3.05) is 19.8 Å². The summed E-state index contributed by atoms with van der Waals surface area (Å²) in [5, 5.41) is 12.0. The molecule has 1 heterocycles. The van der Waals surface area contributed by atoms with Gasteiger partial charge in [-0.25, -0.2) is 0 Å². The molecule has 13 heavy (non-hydrogen) atoms. The quantitative estimate of drug-likeness (QED) is 0.713. The lowest BCUT2D eigenvalue weighted by Gasteiger charge is -2.23. The summed E-state index contributed by atoms with van der Waals surface area (Å²) in [7, 11) is 0. The Morgan fingerprint density at radius 1 is 1.54 bits per heavy atom. The van der Waals surface area contributed by atoms with Crippen LogP contribution >= 0.6 is 0 Å². The van der Waals surface area contributed by atoms with Crippen LogP contribution in [-0.4, -0.2) is 25.8 Å². The molecule has 0 aromatic rings. The van der Waals surface area contributed by atoms with E-state index < -0.39 is 0 Å². The van der Waals surface area contributed by atoms with Crippen molar-refractivity contribution in [3.63, 3.8) is 0 Å². The zero-order valence-electron chi connectivity index (χ0n) is 8.25. The molecule has 0 aromatic heterocycles. The monoisotopic (exact) mass is 182 g/mol. The first-order chi connectivity index (χ1) is 6.36. The lowest BCUT2D eigenvalue weighted by atomic mass is 10.00. The Morgan fingerprint density at radius 3 is 2.77 bits per heavy atom. The van der Waals surface area contributed by atoms with Crippen molar-refractivity contribution in [3.05, 3.63) is 0 Å². The highest BCUT2D eigenvalue weighted by Gasteiger charge is 2.14. The smallest absolute Gasteiger partial charge is 0.0950 e. The lowest BCUT2D eigenvalue weighted by molar-refractivity contribution is 0.0659. The van der Waals surface area contributed by atoms with Gasteiger partial charge in [-0.3, -0.25) is 0 Å². The first kappa shape index (κ1) is 10.5. The van der Waals surface area contributed by atoms with Crippen molar-refractivity contribution in [2.24, 2.45) is 5.92 Å². The first-order valence-electron chi connectivity index (χ1n) is 5.07. The third-order valence-electron chi connectivity index (χ3n) is 2.56. The predicted molar refractivity (Wildman–Crippen MR) is 51.2 cm³/mol. The number of hydrogen-bond donors (Lipinski definition) is 1. The Hall–Kier alpha value is -0.590. The van der Waals surface area contributed by atoms with Crippen molar-refractivity contribution < 1.29 is 4.74 Å². The minimum atomic E-state index is 0.0304. The van der Waals surface area contributed by atoms with Crippen LogP contribution in [0.15, 0.2) is 0 Å². The number of rotatable bonds is 4. The fourth-order valence-electron chi connectivity index (χ4n) is 1.54. The van der Waals surface area contributed by atoms with Crippen LogP contribution in [0.1, 0.15) is 26.2 Å². The molecule has 74 valence electrons. The zero-order valence-corrected chi connectivity index (χ0v) is 8.25. The second kappa shape index (κ2) is 5.95. The van der Waals surface area contributed by atoms with Gasteiger partial charge in [0.1, 0.15) is 0 Å². The molecule has 1 atom stereocenters. The molecule has 1 saturated heterocycles. The molecule has 3 nitrogen and oxygen atoms in total. The van der Waals surface area contributed by atoms with Gasteiger partial charge in [0.05, 0.1) is 12.1 Å². The molecule has 0 spiro atoms. The molecule has 1 aliphatic heterocycles. The largest absolute Gasteiger partial charge is 0.381 e. The van der Waals surface area contributed by atoms with E-state index >= 15 is 0 Å². The SMILES string of the molecule is CCC(C#N)NCC1CCOCC1. The molecule has 1 fully saturated rings. The number of nitrogens with zero attached hydrogens (tertiary/aromatic N) is 1. The fourth-order valence-corrected chi connectivity index (χ4v) is 1.54. The van der Waals surface area contributed by atoms with Gasteiger partial charge in [0.2, 0.25) is 0 Å². The molecule has 0 aromatic carbocycles. The van der Waals surface area contributed by atoms with E-state index in [1.54, 1.807) is 0 Å². The molecule has 0 amide bonds. The van der Waals surface area contributed by atoms with Crippen LogP contribution in [0.2, 0.25) is 0 Å². The van der Waals surface area contributed by atoms with Crippen LogP contribution in [-0.2, 0) is 4.74 Å². The summed E-state index contributed by atoms with van der Waals surface area (Å²) < 4.78 is 5.27. The van der Waals surface area contributed by atoms with Gasteiger partial charge in [-0.1, -0.05) is 6.92 Å². The van der Waals surface area contributed by atoms with Gasteiger partial charge in [0.25, 0.3) is 0 Å². The number of ether oxygens (including phenoxy) is 1. The Morgan fingerprint density at radius 2 is 2.23 bits per heavy atom. The van der Waals surface area contributed by atoms with Crippen molar-refractivity contribution >= 4 is 0 Å². The summed E-state index contributed by atoms with van der Waals surface area (Å²) >= 11 is 0. The fraction of sp³-hybridized carbons (Fsp3) is 0.900. The molecule has 0 aliphatic carbocycles. The Bertz CT molecular complexity index is 170. The van der Waals surface area contributed by atoms with Crippen molar-refractivity contribution in [2.45, 2.75) is 32.2 Å². The van der Waals surface area contributed by atoms with Gasteiger partial charge in [0.15, 0.2) is 0 Å². The minimum Gasteiger partial charge on any atom is -0.381 e. The van der Waals surface area contributed by atoms with Crippen LogP contribution < -0.4 is 5.32 Å². The van der Waals surface area contributed by atoms with Gasteiger partial charge in [-0.2, -0.15) is 5.26 Å². The summed E-state index contributed by atoms with van der Waals surface area (Å²) in [6.07, 6.45) is 3.16. The maximum absolute atomic E-state index is 8.72. The van der Waals surface area contributed by atoms with Crippen molar-refractivity contribution in [1.29, 1.82) is 5.26 Å². The summed E-state index contributed by atoms with van der Waals surface area (Å²) in [6.45, 7) is 4.77. The summed E-state index contributed by atoms with van der Waals surface area (Å²) in [4.78, 5) is 0. The number of nitrogens with one attached hydrogen (secondary N) is 1. The Kier molecular flexibility index (Phi) is 4.81. The Labute approximate surface area is 80.1 Å². The molecule has 1 rings (SSSR count). The maximum Gasteiger partial charge on any atom is 0.0950 e. The molecule has 0 radical (unpaired) electrons. The highest BCUT2D eigenvalue weighted by atomic mass is 16.5. The normalized spacial score (nSPS) is 20.9. The molecule has 1 aliphatic rings. The van der Waals surface area contributed by atoms with E-state index in [4.69, 9.17) is 10.00 Å². The van der Waals surface area contributed by atoms with Crippen LogP contribution in [0.5, 0.6) is 0 Å². The van der Waals surface area contributed by atoms with E-state index in [1.165, 1.54) is 0 Å². The summed E-state index contributed by atoms with van der Waals surface area (Å²) in [5.41, 5.74) is 0. The molecule has 0 bridgehead atoms. The van der Waals surface area contributed by atoms with Crippen LogP contribution in [0, 0.1) is 17.2 Å². The van der Waals surface area contributed by atoms with E-state index in [0.29, 0.717) is 5.92 Å². The minimum absolute atomic E-state index is 0.0304. The van der Waals surface area contributed by atoms with Crippen LogP contribution in [0.3, 0.4) is 0 Å². The maximum atomic E-state index is 8.72. The molecule has 0 saturated carbocycles. The average Bonchev–Trinajstić information content (AvgIpc) is 2.21. The highest BCUT2D eigenvalue weighted by Crippen LogP contribution is 2.13. The van der Waals surface area contributed by atoms with Crippen molar-refractivity contribution in [3.8, 4) is 6.07 Å². The molecular formula is C10H18N2O. The number of nitriles is 1. The van der Waals surface area contributed by atoms with Gasteiger partial charge < -0.3 is 10.1 Å².